The van der Waals surface area contributed by atoms with E-state index < -0.39 is 0 Å². The Morgan fingerprint density at radius 1 is 1.07 bits per heavy atom. The molecular weight excluding hydrogens is 258 g/mol. The number of halogens is 2. The summed E-state index contributed by atoms with van der Waals surface area (Å²) in [6.45, 7) is 2.00. The Kier molecular flexibility index (Phi) is 33.0. The molecule has 1 aliphatic heterocycles. The molecule has 1 nitrogen and oxygen atoms in total. The summed E-state index contributed by atoms with van der Waals surface area (Å²) < 4.78 is 4.94. The Balaban J connectivity index is -0.0000000556. The predicted octanol–water partition coefficient (Wildman–Crippen LogP) is 3.39. The Hall–Kier alpha value is 0.604. The Morgan fingerprint density at radius 2 is 1.64 bits per heavy atom. The van der Waals surface area contributed by atoms with Gasteiger partial charge in [0.15, 0.2) is 0 Å². The number of ether oxygens (including phenoxy) is 1. The Morgan fingerprint density at radius 3 is 1.79 bits per heavy atom. The SMILES string of the molecule is C1CCOC1.Cl.Cl.[C-]1=CC=CC1.[CH3-].[V+2]. The van der Waals surface area contributed by atoms with Crippen molar-refractivity contribution in [2.75, 3.05) is 13.2 Å². The van der Waals surface area contributed by atoms with E-state index in [9.17, 15) is 0 Å². The zero-order chi connectivity index (χ0) is 7.07. The van der Waals surface area contributed by atoms with Crippen molar-refractivity contribution in [3.63, 3.8) is 0 Å². The second kappa shape index (κ2) is 19.2. The second-order valence-corrected chi connectivity index (χ2v) is 2.32. The predicted molar refractivity (Wildman–Crippen MR) is 62.5 cm³/mol. The van der Waals surface area contributed by atoms with Crippen molar-refractivity contribution in [1.82, 2.24) is 0 Å². The number of allylic oxidation sites excluding steroid dienone is 4. The normalized spacial score (nSPS) is 14.9. The summed E-state index contributed by atoms with van der Waals surface area (Å²) in [6.07, 6.45) is 12.6. The van der Waals surface area contributed by atoms with Crippen LogP contribution in [-0.4, -0.2) is 13.2 Å². The van der Waals surface area contributed by atoms with E-state index in [0.29, 0.717) is 0 Å². The molecule has 0 aromatic heterocycles. The van der Waals surface area contributed by atoms with Gasteiger partial charge in [0.2, 0.25) is 0 Å². The van der Waals surface area contributed by atoms with Gasteiger partial charge in [0.05, 0.1) is 0 Å². The summed E-state index contributed by atoms with van der Waals surface area (Å²) in [5.74, 6) is 0. The first kappa shape index (κ1) is 24.0. The summed E-state index contributed by atoms with van der Waals surface area (Å²) in [6, 6.07) is 0. The van der Waals surface area contributed by atoms with Gasteiger partial charge in [0.25, 0.3) is 0 Å². The van der Waals surface area contributed by atoms with Crippen molar-refractivity contribution in [2.45, 2.75) is 19.3 Å². The maximum Gasteiger partial charge on any atom is 2.00 e. The number of rotatable bonds is 0. The van der Waals surface area contributed by atoms with Crippen LogP contribution in [0.4, 0.5) is 0 Å². The molecule has 0 saturated carbocycles. The molecule has 1 radical (unpaired) electrons. The van der Waals surface area contributed by atoms with E-state index >= 15 is 0 Å². The zero-order valence-corrected chi connectivity index (χ0v) is 11.5. The largest absolute Gasteiger partial charge is 2.00 e. The smallest absolute Gasteiger partial charge is 0.381 e. The molecule has 4 heteroatoms. The Labute approximate surface area is 112 Å². The molecule has 14 heavy (non-hydrogen) atoms. The molecule has 0 aromatic rings. The minimum absolute atomic E-state index is 0. The first-order valence-corrected chi connectivity index (χ1v) is 3.79. The molecule has 0 N–H and O–H groups in total. The van der Waals surface area contributed by atoms with Crippen LogP contribution in [0.1, 0.15) is 19.3 Å². The third-order valence-electron chi connectivity index (χ3n) is 1.41. The molecule has 2 rings (SSSR count). The average molecular weight is 276 g/mol. The fourth-order valence-electron chi connectivity index (χ4n) is 0.851. The van der Waals surface area contributed by atoms with Gasteiger partial charge in [0.1, 0.15) is 0 Å². The fraction of sp³-hybridized carbons (Fsp3) is 0.500. The van der Waals surface area contributed by atoms with E-state index in [1.54, 1.807) is 0 Å². The van der Waals surface area contributed by atoms with Crippen LogP contribution in [0, 0.1) is 13.5 Å². The molecular formula is C10H18Cl2OV. The minimum atomic E-state index is 0. The first-order valence-electron chi connectivity index (χ1n) is 3.79. The molecule has 1 aliphatic carbocycles. The molecule has 0 atom stereocenters. The summed E-state index contributed by atoms with van der Waals surface area (Å²) in [5, 5.41) is 0. The third-order valence-corrected chi connectivity index (χ3v) is 1.41. The van der Waals surface area contributed by atoms with Gasteiger partial charge in [-0.3, -0.25) is 6.08 Å². The van der Waals surface area contributed by atoms with Crippen molar-refractivity contribution < 1.29 is 23.3 Å². The zero-order valence-electron chi connectivity index (χ0n) is 8.44. The van der Waals surface area contributed by atoms with Gasteiger partial charge < -0.3 is 12.2 Å². The molecule has 1 saturated heterocycles. The first-order chi connectivity index (χ1) is 5.00. The van der Waals surface area contributed by atoms with E-state index in [-0.39, 0.29) is 50.8 Å². The summed E-state index contributed by atoms with van der Waals surface area (Å²) in [4.78, 5) is 0. The van der Waals surface area contributed by atoms with Crippen LogP contribution >= 0.6 is 24.8 Å². The molecule has 0 spiro atoms. The monoisotopic (exact) mass is 275 g/mol. The quantitative estimate of drug-likeness (QED) is 0.616. The van der Waals surface area contributed by atoms with Crippen LogP contribution in [0.3, 0.4) is 0 Å². The van der Waals surface area contributed by atoms with Gasteiger partial charge in [-0.25, -0.2) is 12.2 Å². The van der Waals surface area contributed by atoms with Gasteiger partial charge in [-0.05, 0) is 12.8 Å². The van der Waals surface area contributed by atoms with Crippen molar-refractivity contribution in [1.29, 1.82) is 0 Å². The number of hydrogen-bond donors (Lipinski definition) is 0. The summed E-state index contributed by atoms with van der Waals surface area (Å²) >= 11 is 0. The molecule has 0 aromatic carbocycles. The van der Waals surface area contributed by atoms with Gasteiger partial charge in [-0.1, -0.05) is 0 Å². The van der Waals surface area contributed by atoms with Crippen molar-refractivity contribution in [2.24, 2.45) is 0 Å². The van der Waals surface area contributed by atoms with Gasteiger partial charge in [-0.2, -0.15) is 6.08 Å². The average Bonchev–Trinajstić information content (AvgIpc) is 2.67. The molecule has 0 bridgehead atoms. The van der Waals surface area contributed by atoms with Crippen LogP contribution in [-0.2, 0) is 23.3 Å². The van der Waals surface area contributed by atoms with Crippen molar-refractivity contribution >= 4 is 24.8 Å². The van der Waals surface area contributed by atoms with Crippen LogP contribution in [0.5, 0.6) is 0 Å². The van der Waals surface area contributed by atoms with Crippen LogP contribution in [0.2, 0.25) is 0 Å². The molecule has 83 valence electrons. The van der Waals surface area contributed by atoms with E-state index in [1.165, 1.54) is 12.8 Å². The van der Waals surface area contributed by atoms with Crippen LogP contribution < -0.4 is 0 Å². The fourth-order valence-corrected chi connectivity index (χ4v) is 0.851. The third kappa shape index (κ3) is 15.1. The minimum Gasteiger partial charge on any atom is -0.381 e. The molecule has 0 amide bonds. The summed E-state index contributed by atoms with van der Waals surface area (Å²) in [5.41, 5.74) is 0. The van der Waals surface area contributed by atoms with Crippen molar-refractivity contribution in [3.05, 3.63) is 31.7 Å². The molecule has 1 heterocycles. The van der Waals surface area contributed by atoms with Crippen molar-refractivity contribution in [3.8, 4) is 0 Å². The van der Waals surface area contributed by atoms with E-state index in [2.05, 4.69) is 12.2 Å². The maximum absolute atomic E-state index is 4.94. The summed E-state index contributed by atoms with van der Waals surface area (Å²) in [7, 11) is 0. The Bertz CT molecular complexity index is 116. The maximum atomic E-state index is 4.94. The molecule has 2 aliphatic rings. The molecule has 1 fully saturated rings. The van der Waals surface area contributed by atoms with Crippen LogP contribution in [0.25, 0.3) is 0 Å². The standard InChI is InChI=1S/C5H5.C4H8O.CH3.2ClH.V/c2*1-2-4-5-3-1;;;;/h1-3H,4H2;1-4H2;1H3;2*1H;/q-1;;-1;;;+2. The second-order valence-electron chi connectivity index (χ2n) is 2.32. The topological polar surface area (TPSA) is 9.23 Å². The van der Waals surface area contributed by atoms with Gasteiger partial charge in [0, 0.05) is 13.2 Å². The molecule has 0 unspecified atom stereocenters. The number of hydrogen-bond acceptors (Lipinski definition) is 1. The van der Waals surface area contributed by atoms with Gasteiger partial charge >= 0.3 is 18.6 Å². The van der Waals surface area contributed by atoms with E-state index in [0.717, 1.165) is 19.6 Å². The van der Waals surface area contributed by atoms with Crippen LogP contribution in [0.15, 0.2) is 18.2 Å². The van der Waals surface area contributed by atoms with Gasteiger partial charge in [-0.15, -0.1) is 31.2 Å². The van der Waals surface area contributed by atoms with E-state index in [4.69, 9.17) is 4.74 Å². The van der Waals surface area contributed by atoms with E-state index in [1.807, 2.05) is 12.2 Å².